The number of amides is 2. The van der Waals surface area contributed by atoms with E-state index in [1.54, 1.807) is 0 Å². The van der Waals surface area contributed by atoms with E-state index in [2.05, 4.69) is 5.32 Å². The number of carbonyl (C=O) groups excluding carboxylic acids is 2. The normalized spacial score (nSPS) is 29.2. The predicted octanol–water partition coefficient (Wildman–Crippen LogP) is -2.56. The number of primary amides is 1. The molecule has 3 aliphatic heterocycles. The SMILES string of the molecule is N#CC1CN(S(=O)(=O)N2CCN[C@H](C(=O)N3CCC[C@@H]3C(N)=O)C2)C1. The van der Waals surface area contributed by atoms with E-state index < -0.39 is 28.2 Å². The topological polar surface area (TPSA) is 140 Å². The Balaban J connectivity index is 1.66. The number of nitrogens with one attached hydrogen (secondary N) is 1. The van der Waals surface area contributed by atoms with Gasteiger partial charge in [-0.05, 0) is 12.8 Å². The number of carbonyl (C=O) groups is 2. The van der Waals surface area contributed by atoms with Crippen LogP contribution in [-0.2, 0) is 19.8 Å². The summed E-state index contributed by atoms with van der Waals surface area (Å²) < 4.78 is 27.7. The maximum Gasteiger partial charge on any atom is 0.282 e. The van der Waals surface area contributed by atoms with Crippen molar-refractivity contribution in [3.8, 4) is 6.07 Å². The first kappa shape index (κ1) is 18.1. The van der Waals surface area contributed by atoms with Crippen molar-refractivity contribution in [2.75, 3.05) is 39.3 Å². The zero-order chi connectivity index (χ0) is 18.2. The minimum atomic E-state index is -3.67. The molecule has 3 saturated heterocycles. The Labute approximate surface area is 146 Å². The van der Waals surface area contributed by atoms with E-state index in [0.717, 1.165) is 0 Å². The first-order chi connectivity index (χ1) is 11.8. The summed E-state index contributed by atoms with van der Waals surface area (Å²) in [6, 6.07) is 0.729. The average Bonchev–Trinajstić information content (AvgIpc) is 3.03. The molecule has 10 nitrogen and oxygen atoms in total. The first-order valence-corrected chi connectivity index (χ1v) is 9.72. The van der Waals surface area contributed by atoms with Crippen LogP contribution in [-0.4, -0.2) is 85.1 Å². The number of nitrogens with zero attached hydrogens (tertiary/aromatic N) is 4. The van der Waals surface area contributed by atoms with Crippen molar-refractivity contribution in [2.45, 2.75) is 24.9 Å². The van der Waals surface area contributed by atoms with Crippen LogP contribution in [0.2, 0.25) is 0 Å². The van der Waals surface area contributed by atoms with Gasteiger partial charge in [0.05, 0.1) is 12.0 Å². The van der Waals surface area contributed by atoms with E-state index in [-0.39, 0.29) is 38.0 Å². The summed E-state index contributed by atoms with van der Waals surface area (Å²) >= 11 is 0. The molecule has 0 radical (unpaired) electrons. The Morgan fingerprint density at radius 3 is 2.52 bits per heavy atom. The second-order valence-electron chi connectivity index (χ2n) is 6.61. The molecule has 2 atom stereocenters. The monoisotopic (exact) mass is 370 g/mol. The lowest BCUT2D eigenvalue weighted by Gasteiger charge is -2.41. The molecule has 0 spiro atoms. The standard InChI is InChI=1S/C14H22N6O4S/c15-6-10-7-19(8-10)25(23,24)18-5-3-17-11(9-18)14(22)20-4-1-2-12(20)13(16)21/h10-12,17H,1-5,7-9H2,(H2,16,21)/t11-,12+/m0/s1. The molecule has 0 aliphatic carbocycles. The van der Waals surface area contributed by atoms with Gasteiger partial charge < -0.3 is 16.0 Å². The third-order valence-corrected chi connectivity index (χ3v) is 6.92. The molecule has 25 heavy (non-hydrogen) atoms. The summed E-state index contributed by atoms with van der Waals surface area (Å²) in [7, 11) is -3.67. The summed E-state index contributed by atoms with van der Waals surface area (Å²) in [5, 5.41) is 11.8. The molecule has 3 N–H and O–H groups in total. The molecular formula is C14H22N6O4S. The molecule has 11 heteroatoms. The second-order valence-corrected chi connectivity index (χ2v) is 8.54. The van der Waals surface area contributed by atoms with Crippen LogP contribution in [0.5, 0.6) is 0 Å². The van der Waals surface area contributed by atoms with Gasteiger partial charge in [0.2, 0.25) is 11.8 Å². The van der Waals surface area contributed by atoms with Gasteiger partial charge in [-0.1, -0.05) is 0 Å². The highest BCUT2D eigenvalue weighted by Gasteiger charge is 2.43. The Morgan fingerprint density at radius 1 is 1.16 bits per heavy atom. The van der Waals surface area contributed by atoms with Crippen LogP contribution >= 0.6 is 0 Å². The predicted molar refractivity (Wildman–Crippen MR) is 86.9 cm³/mol. The first-order valence-electron chi connectivity index (χ1n) is 8.32. The van der Waals surface area contributed by atoms with E-state index in [4.69, 9.17) is 11.0 Å². The van der Waals surface area contributed by atoms with Gasteiger partial charge in [-0.25, -0.2) is 0 Å². The molecule has 138 valence electrons. The minimum absolute atomic E-state index is 0.0108. The van der Waals surface area contributed by atoms with Crippen LogP contribution in [0.25, 0.3) is 0 Å². The van der Waals surface area contributed by atoms with Gasteiger partial charge in [-0.2, -0.15) is 22.3 Å². The molecule has 2 amide bonds. The van der Waals surface area contributed by atoms with E-state index in [0.29, 0.717) is 25.9 Å². The summed E-state index contributed by atoms with van der Waals surface area (Å²) in [6.07, 6.45) is 1.25. The molecule has 3 aliphatic rings. The quantitative estimate of drug-likeness (QED) is 0.558. The van der Waals surface area contributed by atoms with Crippen molar-refractivity contribution in [3.05, 3.63) is 0 Å². The van der Waals surface area contributed by atoms with Crippen molar-refractivity contribution in [1.29, 1.82) is 5.26 Å². The van der Waals surface area contributed by atoms with E-state index in [1.807, 2.05) is 6.07 Å². The number of hydrogen-bond acceptors (Lipinski definition) is 6. The molecule has 3 fully saturated rings. The molecule has 0 aromatic heterocycles. The van der Waals surface area contributed by atoms with Crippen LogP contribution in [0.1, 0.15) is 12.8 Å². The molecule has 0 aromatic carbocycles. The Bertz CT molecular complexity index is 699. The lowest BCUT2D eigenvalue weighted by atomic mass is 10.1. The Morgan fingerprint density at radius 2 is 1.88 bits per heavy atom. The van der Waals surface area contributed by atoms with Gasteiger partial charge in [0.25, 0.3) is 10.2 Å². The highest BCUT2D eigenvalue weighted by atomic mass is 32.2. The molecule has 0 aromatic rings. The average molecular weight is 370 g/mol. The van der Waals surface area contributed by atoms with E-state index in [9.17, 15) is 18.0 Å². The number of nitriles is 1. The maximum atomic E-state index is 12.7. The minimum Gasteiger partial charge on any atom is -0.368 e. The van der Waals surface area contributed by atoms with Crippen LogP contribution in [0.4, 0.5) is 0 Å². The van der Waals surface area contributed by atoms with Crippen molar-refractivity contribution in [1.82, 2.24) is 18.8 Å². The van der Waals surface area contributed by atoms with Crippen molar-refractivity contribution >= 4 is 22.0 Å². The lowest BCUT2D eigenvalue weighted by molar-refractivity contribution is -0.139. The van der Waals surface area contributed by atoms with Crippen molar-refractivity contribution < 1.29 is 18.0 Å². The highest BCUT2D eigenvalue weighted by molar-refractivity contribution is 7.86. The van der Waals surface area contributed by atoms with Gasteiger partial charge in [0, 0.05) is 39.3 Å². The van der Waals surface area contributed by atoms with Gasteiger partial charge in [0.1, 0.15) is 12.1 Å². The largest absolute Gasteiger partial charge is 0.368 e. The van der Waals surface area contributed by atoms with Crippen LogP contribution < -0.4 is 11.1 Å². The van der Waals surface area contributed by atoms with Crippen molar-refractivity contribution in [3.63, 3.8) is 0 Å². The van der Waals surface area contributed by atoms with Crippen molar-refractivity contribution in [2.24, 2.45) is 11.7 Å². The molecule has 3 rings (SSSR count). The summed E-state index contributed by atoms with van der Waals surface area (Å²) in [6.45, 7) is 1.46. The van der Waals surface area contributed by atoms with Gasteiger partial charge in [0.15, 0.2) is 0 Å². The summed E-state index contributed by atoms with van der Waals surface area (Å²) in [4.78, 5) is 25.7. The smallest absolute Gasteiger partial charge is 0.282 e. The number of likely N-dealkylation sites (tertiary alicyclic amines) is 1. The maximum absolute atomic E-state index is 12.7. The molecule has 0 saturated carbocycles. The molecular weight excluding hydrogens is 348 g/mol. The van der Waals surface area contributed by atoms with Gasteiger partial charge >= 0.3 is 0 Å². The lowest BCUT2D eigenvalue weighted by Crippen LogP contribution is -2.63. The second kappa shape index (κ2) is 6.87. The summed E-state index contributed by atoms with van der Waals surface area (Å²) in [5.41, 5.74) is 5.35. The third-order valence-electron chi connectivity index (χ3n) is 4.98. The van der Waals surface area contributed by atoms with Crippen LogP contribution in [0.3, 0.4) is 0 Å². The highest BCUT2D eigenvalue weighted by Crippen LogP contribution is 2.23. The zero-order valence-corrected chi connectivity index (χ0v) is 14.6. The molecule has 0 unspecified atom stereocenters. The zero-order valence-electron chi connectivity index (χ0n) is 13.8. The third kappa shape index (κ3) is 3.35. The van der Waals surface area contributed by atoms with Gasteiger partial charge in [-0.15, -0.1) is 0 Å². The van der Waals surface area contributed by atoms with Crippen LogP contribution in [0, 0.1) is 17.2 Å². The molecule has 0 bridgehead atoms. The fourth-order valence-corrected chi connectivity index (χ4v) is 5.22. The number of nitrogens with two attached hydrogens (primary N) is 1. The Hall–Kier alpha value is -1.74. The van der Waals surface area contributed by atoms with E-state index in [1.165, 1.54) is 13.5 Å². The number of hydrogen-bond donors (Lipinski definition) is 2. The van der Waals surface area contributed by atoms with Gasteiger partial charge in [-0.3, -0.25) is 9.59 Å². The number of piperazine rings is 1. The fraction of sp³-hybridized carbons (Fsp3) is 0.786. The number of rotatable bonds is 4. The van der Waals surface area contributed by atoms with Crippen LogP contribution in [0.15, 0.2) is 0 Å². The fourth-order valence-electron chi connectivity index (χ4n) is 3.50. The molecule has 3 heterocycles. The summed E-state index contributed by atoms with van der Waals surface area (Å²) in [5.74, 6) is -1.09. The van der Waals surface area contributed by atoms with E-state index >= 15 is 0 Å². The Kier molecular flexibility index (Phi) is 4.97.